The summed E-state index contributed by atoms with van der Waals surface area (Å²) in [7, 11) is 22.9. The van der Waals surface area contributed by atoms with Crippen molar-refractivity contribution < 1.29 is 62.5 Å². The number of nitro groups is 5. The summed E-state index contributed by atoms with van der Waals surface area (Å²) in [4.78, 5) is 82.1. The third-order valence-electron chi connectivity index (χ3n) is 11.2. The van der Waals surface area contributed by atoms with Crippen molar-refractivity contribution in [3.8, 4) is 35.0 Å². The maximum atomic E-state index is 11.1. The highest BCUT2D eigenvalue weighted by molar-refractivity contribution is 9.11. The Morgan fingerprint density at radius 3 is 1.27 bits per heavy atom. The average Bonchev–Trinajstić information content (AvgIpc) is 1.70. The minimum Gasteiger partial charge on any atom is -0.494 e. The Morgan fingerprint density at radius 1 is 0.495 bits per heavy atom. The number of nitrogen functional groups attached to an aromatic ring is 2. The minimum absolute atomic E-state index is 0. The number of nitrogens with two attached hydrogens (primary N) is 2. The van der Waals surface area contributed by atoms with Crippen molar-refractivity contribution in [2.24, 2.45) is 0 Å². The Labute approximate surface area is 564 Å². The van der Waals surface area contributed by atoms with Crippen LogP contribution < -0.4 is 39.9 Å². The number of hydrogen-bond acceptors (Lipinski definition) is 29. The number of hydrogen-bond donors (Lipinski definition) is 3. The van der Waals surface area contributed by atoms with Crippen LogP contribution in [0.1, 0.15) is 27.8 Å². The van der Waals surface area contributed by atoms with E-state index in [2.05, 4.69) is 82.7 Å². The van der Waals surface area contributed by atoms with E-state index >= 15 is 0 Å². The molecule has 7 aromatic rings. The van der Waals surface area contributed by atoms with Gasteiger partial charge >= 0.3 is 28.4 Å². The van der Waals surface area contributed by atoms with Gasteiger partial charge in [0.25, 0.3) is 17.6 Å². The molecular formula is C54H71Br3ClN17O18. The fourth-order valence-electron chi connectivity index (χ4n) is 6.91. The number of aromatic amines is 1. The molecule has 0 saturated carbocycles. The van der Waals surface area contributed by atoms with Crippen LogP contribution in [0.25, 0.3) is 23.1 Å². The summed E-state index contributed by atoms with van der Waals surface area (Å²) in [5.41, 5.74) is 13.0. The molecule has 39 heteroatoms. The van der Waals surface area contributed by atoms with Crippen LogP contribution in [-0.4, -0.2) is 180 Å². The second kappa shape index (κ2) is 41.8. The number of H-pyrrole nitrogens is 1. The number of nitrogens with zero attached hydrogens (tertiary/aromatic N) is 14. The SMILES string of the molecule is COC(OC)N(C)C.COc1cnc(OC)c([N+](=O)[O-])c1/C=C/N(C)C.COc1cnc(OC)c2[nH]ccc12.COc1ncc(Br)c(/C=C/N(C)C)c1[N+](=O)[O-].COc1ncc(Br)c(C)c1[N+](=O)[O-].Cc1c(Br)cnc(N)c1[N+](=O)[O-].Cc1ccnc(N)c1[N+](=O)[O-].Cl. The third-order valence-corrected chi connectivity index (χ3v) is 13.5. The van der Waals surface area contributed by atoms with Gasteiger partial charge in [0.2, 0.25) is 23.9 Å². The molecule has 0 radical (unpaired) electrons. The van der Waals surface area contributed by atoms with E-state index in [1.807, 2.05) is 59.4 Å². The average molecular weight is 1520 g/mol. The number of pyridine rings is 6. The van der Waals surface area contributed by atoms with Crippen LogP contribution in [0.15, 0.2) is 81.3 Å². The lowest BCUT2D eigenvalue weighted by atomic mass is 10.2. The molecule has 508 valence electrons. The second-order valence-corrected chi connectivity index (χ2v) is 20.6. The van der Waals surface area contributed by atoms with Crippen molar-refractivity contribution in [1.29, 1.82) is 0 Å². The lowest BCUT2D eigenvalue weighted by molar-refractivity contribution is -0.386. The van der Waals surface area contributed by atoms with Gasteiger partial charge in [0.1, 0.15) is 16.8 Å². The molecule has 5 N–H and O–H groups in total. The third kappa shape index (κ3) is 25.3. The molecule has 93 heavy (non-hydrogen) atoms. The molecule has 0 aliphatic heterocycles. The Bertz CT molecular complexity index is 3620. The van der Waals surface area contributed by atoms with Crippen LogP contribution in [0.3, 0.4) is 0 Å². The summed E-state index contributed by atoms with van der Waals surface area (Å²) in [6.07, 6.45) is 17.1. The maximum Gasteiger partial charge on any atom is 0.341 e. The predicted octanol–water partition coefficient (Wildman–Crippen LogP) is 10.6. The zero-order valence-corrected chi connectivity index (χ0v) is 59.0. The highest BCUT2D eigenvalue weighted by Crippen LogP contribution is 2.38. The molecule has 0 bridgehead atoms. The van der Waals surface area contributed by atoms with Crippen molar-refractivity contribution in [2.75, 3.05) is 111 Å². The molecule has 0 spiro atoms. The first-order valence-corrected chi connectivity index (χ1v) is 28.0. The molecule has 7 rings (SSSR count). The predicted molar refractivity (Wildman–Crippen MR) is 360 cm³/mol. The van der Waals surface area contributed by atoms with E-state index in [4.69, 9.17) is 49.4 Å². The van der Waals surface area contributed by atoms with Gasteiger partial charge in [-0.2, -0.15) is 0 Å². The van der Waals surface area contributed by atoms with E-state index in [0.29, 0.717) is 52.9 Å². The van der Waals surface area contributed by atoms with Gasteiger partial charge in [0.15, 0.2) is 5.75 Å². The fraction of sp³-hybridized carbons (Fsp3) is 0.333. The van der Waals surface area contributed by atoms with E-state index in [9.17, 15) is 50.6 Å². The zero-order valence-electron chi connectivity index (χ0n) is 53.4. The molecule has 7 heterocycles. The van der Waals surface area contributed by atoms with Gasteiger partial charge in [0.05, 0.1) is 89.7 Å². The number of ether oxygens (including phenoxy) is 8. The summed E-state index contributed by atoms with van der Waals surface area (Å²) in [5, 5.41) is 54.5. The van der Waals surface area contributed by atoms with E-state index in [-0.39, 0.29) is 76.5 Å². The lowest BCUT2D eigenvalue weighted by Gasteiger charge is -2.19. The van der Waals surface area contributed by atoms with Gasteiger partial charge in [0, 0.05) is 104 Å². The van der Waals surface area contributed by atoms with Gasteiger partial charge in [-0.3, -0.25) is 55.5 Å². The zero-order chi connectivity index (χ0) is 70.3. The Balaban J connectivity index is 0.00000107. The van der Waals surface area contributed by atoms with Crippen molar-refractivity contribution in [2.45, 2.75) is 27.2 Å². The molecule has 0 aliphatic rings. The number of halogens is 4. The smallest absolute Gasteiger partial charge is 0.341 e. The van der Waals surface area contributed by atoms with Gasteiger partial charge < -0.3 is 64.1 Å². The van der Waals surface area contributed by atoms with E-state index in [0.717, 1.165) is 16.7 Å². The highest BCUT2D eigenvalue weighted by Gasteiger charge is 2.26. The highest BCUT2D eigenvalue weighted by atomic mass is 79.9. The number of rotatable bonds is 18. The van der Waals surface area contributed by atoms with Gasteiger partial charge in [-0.15, -0.1) is 12.4 Å². The minimum atomic E-state index is -0.539. The normalized spacial score (nSPS) is 10.1. The first-order valence-electron chi connectivity index (χ1n) is 25.6. The van der Waals surface area contributed by atoms with Gasteiger partial charge in [-0.25, -0.2) is 29.9 Å². The number of aromatic nitrogens is 7. The monoisotopic (exact) mass is 1520 g/mol. The number of anilines is 2. The molecular weight excluding hydrogens is 1450 g/mol. The molecule has 0 unspecified atom stereocenters. The van der Waals surface area contributed by atoms with Crippen LogP contribution in [-0.2, 0) is 9.47 Å². The van der Waals surface area contributed by atoms with Crippen LogP contribution in [0.5, 0.6) is 35.0 Å². The topological polar surface area (TPSA) is 444 Å². The molecule has 0 fully saturated rings. The molecule has 0 amide bonds. The van der Waals surface area contributed by atoms with Crippen molar-refractivity contribution in [3.05, 3.63) is 160 Å². The summed E-state index contributed by atoms with van der Waals surface area (Å²) < 4.78 is 41.3. The Hall–Kier alpha value is -9.47. The summed E-state index contributed by atoms with van der Waals surface area (Å²) in [6, 6.07) is 3.48. The summed E-state index contributed by atoms with van der Waals surface area (Å²) in [5.74, 6) is 1.55. The standard InChI is InChI=1S/C11H15N3O4.C10H12BrN3O3.C9H10N2O2.C7H7BrN2O3.C6H6BrN3O2.C6H7N3O2.C5H13NO2.ClH/c1-13(2)6-5-8-9(17-3)7-12-11(18-4)10(8)14(15)16;1-13(2)5-4-7-8(11)6-12-10(17-3)9(7)14(15)16;1-12-7-5-11-9(13-2)8-6(7)3-4-10-8;1-4-5(8)3-9-7(13-2)6(4)10(11)12;1-3-4(7)2-9-6(8)5(3)10(11)12;1-4-2-3-8-6(7)5(4)9(10)11;1-6(2)5(7-3)8-4;/h5-7H,1-4H3;4-6H,1-3H3;3-5,10H,1-2H3;3H,1-2H3;2H,1H3,(H2,8,9);2-3H,1H3,(H2,7,8);5H,1-4H3;1H/b6-5+;5-4+;;;;;;. The number of nitrogens with one attached hydrogen (secondary N) is 1. The van der Waals surface area contributed by atoms with Crippen LogP contribution >= 0.6 is 60.2 Å². The van der Waals surface area contributed by atoms with Gasteiger partial charge in [-0.1, -0.05) is 0 Å². The molecule has 35 nitrogen and oxygen atoms in total. The van der Waals surface area contributed by atoms with Crippen LogP contribution in [0.4, 0.5) is 40.1 Å². The maximum absolute atomic E-state index is 11.1. The molecule has 0 aliphatic carbocycles. The van der Waals surface area contributed by atoms with E-state index in [1.165, 1.54) is 59.4 Å². The summed E-state index contributed by atoms with van der Waals surface area (Å²) in [6.45, 7) is 4.86. The number of methoxy groups -OCH3 is 8. The first-order chi connectivity index (χ1) is 43.3. The Morgan fingerprint density at radius 2 is 0.882 bits per heavy atom. The fourth-order valence-corrected chi connectivity index (χ4v) is 7.92. The van der Waals surface area contributed by atoms with Crippen LogP contribution in [0, 0.1) is 71.3 Å². The molecule has 7 aromatic heterocycles. The van der Waals surface area contributed by atoms with Gasteiger partial charge in [-0.05, 0) is 119 Å². The van der Waals surface area contributed by atoms with E-state index < -0.39 is 24.6 Å². The van der Waals surface area contributed by atoms with Crippen LogP contribution in [0.2, 0.25) is 0 Å². The lowest BCUT2D eigenvalue weighted by Crippen LogP contribution is -2.30. The molecule has 0 saturated heterocycles. The number of fused-ring (bicyclic) bond motifs is 1. The Kier molecular flexibility index (Phi) is 37.6. The van der Waals surface area contributed by atoms with Crippen molar-refractivity contribution >= 4 is 123 Å². The van der Waals surface area contributed by atoms with Crippen molar-refractivity contribution in [1.82, 2.24) is 49.6 Å². The van der Waals surface area contributed by atoms with Crippen molar-refractivity contribution in [3.63, 3.8) is 0 Å². The van der Waals surface area contributed by atoms with E-state index in [1.54, 1.807) is 95.8 Å². The quantitative estimate of drug-likeness (QED) is 0.0408. The number of aryl methyl sites for hydroxylation is 1. The summed E-state index contributed by atoms with van der Waals surface area (Å²) >= 11 is 9.52. The second-order valence-electron chi connectivity index (χ2n) is 18.1. The molecule has 0 aromatic carbocycles. The largest absolute Gasteiger partial charge is 0.494 e. The first kappa shape index (κ1) is 83.5. The molecule has 0 atom stereocenters.